The van der Waals surface area contributed by atoms with E-state index in [-0.39, 0.29) is 11.7 Å². The van der Waals surface area contributed by atoms with Crippen molar-refractivity contribution in [2.75, 3.05) is 0 Å². The molecule has 1 saturated carbocycles. The Morgan fingerprint density at radius 2 is 1.91 bits per heavy atom. The van der Waals surface area contributed by atoms with Gasteiger partial charge in [0, 0.05) is 0 Å². The van der Waals surface area contributed by atoms with Gasteiger partial charge >= 0.3 is 0 Å². The molecule has 22 heavy (non-hydrogen) atoms. The average Bonchev–Trinajstić information content (AvgIpc) is 2.53. The summed E-state index contributed by atoms with van der Waals surface area (Å²) in [5.41, 5.74) is 1.51. The fraction of sp³-hybridized carbons (Fsp3) is 0.684. The van der Waals surface area contributed by atoms with Crippen molar-refractivity contribution in [1.82, 2.24) is 0 Å². The largest absolute Gasteiger partial charge is 0.251 e. The highest BCUT2D eigenvalue weighted by Crippen LogP contribution is 2.40. The van der Waals surface area contributed by atoms with Gasteiger partial charge in [0.15, 0.2) is 0 Å². The lowest BCUT2D eigenvalue weighted by Gasteiger charge is -2.32. The monoisotopic (exact) mass is 308 g/mol. The van der Waals surface area contributed by atoms with Crippen LogP contribution in [0.15, 0.2) is 18.2 Å². The zero-order valence-electron chi connectivity index (χ0n) is 13.9. The van der Waals surface area contributed by atoms with E-state index in [1.165, 1.54) is 25.7 Å². The maximum Gasteiger partial charge on any atom is 0.126 e. The van der Waals surface area contributed by atoms with E-state index in [2.05, 4.69) is 6.92 Å². The summed E-state index contributed by atoms with van der Waals surface area (Å²) in [5, 5.41) is 9.34. The molecule has 0 aliphatic heterocycles. The first-order valence-electron chi connectivity index (χ1n) is 8.78. The van der Waals surface area contributed by atoms with Crippen LogP contribution in [0, 0.1) is 17.7 Å². The molecule has 0 spiro atoms. The molecule has 0 heterocycles. The zero-order chi connectivity index (χ0) is 15.9. The maximum atomic E-state index is 14.1. The smallest absolute Gasteiger partial charge is 0.126 e. The Morgan fingerprint density at radius 1 is 1.18 bits per heavy atom. The van der Waals surface area contributed by atoms with Crippen LogP contribution in [0.2, 0.25) is 0 Å². The van der Waals surface area contributed by atoms with Crippen LogP contribution >= 0.6 is 0 Å². The van der Waals surface area contributed by atoms with E-state index < -0.39 is 6.10 Å². The Morgan fingerprint density at radius 3 is 2.45 bits per heavy atom. The molecule has 1 aliphatic carbocycles. The first kappa shape index (κ1) is 17.4. The highest BCUT2D eigenvalue weighted by Gasteiger charge is 2.29. The van der Waals surface area contributed by atoms with Crippen molar-refractivity contribution in [3.63, 3.8) is 0 Å². The van der Waals surface area contributed by atoms with Gasteiger partial charge in [0.2, 0.25) is 0 Å². The SMILES string of the molecule is CCCc1ccc(C(OO)C2CCC(CCC)CC2)cc1F. The van der Waals surface area contributed by atoms with Gasteiger partial charge < -0.3 is 0 Å². The van der Waals surface area contributed by atoms with E-state index in [0.29, 0.717) is 0 Å². The number of benzene rings is 1. The first-order chi connectivity index (χ1) is 10.7. The number of halogens is 1. The summed E-state index contributed by atoms with van der Waals surface area (Å²) < 4.78 is 14.1. The molecule has 2 rings (SSSR count). The highest BCUT2D eigenvalue weighted by atomic mass is 19.1. The van der Waals surface area contributed by atoms with Gasteiger partial charge in [0.1, 0.15) is 11.9 Å². The molecular formula is C19H29FO2. The third-order valence-electron chi connectivity index (χ3n) is 5.06. The first-order valence-corrected chi connectivity index (χ1v) is 8.78. The molecule has 1 aliphatic rings. The van der Waals surface area contributed by atoms with Gasteiger partial charge in [-0.05, 0) is 48.3 Å². The molecular weight excluding hydrogens is 279 g/mol. The van der Waals surface area contributed by atoms with Gasteiger partial charge in [0.25, 0.3) is 0 Å². The predicted molar refractivity (Wildman–Crippen MR) is 87.2 cm³/mol. The molecule has 1 aromatic rings. The van der Waals surface area contributed by atoms with Crippen LogP contribution in [0.1, 0.15) is 76.0 Å². The highest BCUT2D eigenvalue weighted by molar-refractivity contribution is 5.26. The van der Waals surface area contributed by atoms with Crippen molar-refractivity contribution in [3.05, 3.63) is 35.1 Å². The molecule has 0 radical (unpaired) electrons. The van der Waals surface area contributed by atoms with Crippen molar-refractivity contribution < 1.29 is 14.5 Å². The van der Waals surface area contributed by atoms with Crippen molar-refractivity contribution in [2.45, 2.75) is 71.3 Å². The lowest BCUT2D eigenvalue weighted by atomic mass is 9.76. The molecule has 1 atom stereocenters. The van der Waals surface area contributed by atoms with Crippen LogP contribution in [-0.4, -0.2) is 5.26 Å². The molecule has 1 unspecified atom stereocenters. The Balaban J connectivity index is 2.04. The van der Waals surface area contributed by atoms with E-state index in [0.717, 1.165) is 42.7 Å². The van der Waals surface area contributed by atoms with Crippen LogP contribution in [0.4, 0.5) is 4.39 Å². The molecule has 0 aromatic heterocycles. The third-order valence-corrected chi connectivity index (χ3v) is 5.06. The molecule has 1 fully saturated rings. The lowest BCUT2D eigenvalue weighted by Crippen LogP contribution is -2.22. The minimum Gasteiger partial charge on any atom is -0.251 e. The second kappa shape index (κ2) is 8.64. The molecule has 1 aromatic carbocycles. The number of aryl methyl sites for hydroxylation is 1. The number of rotatable bonds is 7. The van der Waals surface area contributed by atoms with Crippen molar-refractivity contribution in [2.24, 2.45) is 11.8 Å². The minimum atomic E-state index is -0.396. The summed E-state index contributed by atoms with van der Waals surface area (Å²) in [7, 11) is 0. The van der Waals surface area contributed by atoms with Crippen molar-refractivity contribution in [3.8, 4) is 0 Å². The second-order valence-electron chi connectivity index (χ2n) is 6.70. The van der Waals surface area contributed by atoms with Gasteiger partial charge in [-0.1, -0.05) is 58.1 Å². The molecule has 2 nitrogen and oxygen atoms in total. The van der Waals surface area contributed by atoms with Crippen molar-refractivity contribution >= 4 is 0 Å². The fourth-order valence-electron chi connectivity index (χ4n) is 3.82. The predicted octanol–water partition coefficient (Wildman–Crippen LogP) is 5.92. The second-order valence-corrected chi connectivity index (χ2v) is 6.70. The maximum absolute atomic E-state index is 14.1. The van der Waals surface area contributed by atoms with Gasteiger partial charge in [0.05, 0.1) is 0 Å². The van der Waals surface area contributed by atoms with Crippen LogP contribution < -0.4 is 0 Å². The number of hydrogen-bond acceptors (Lipinski definition) is 2. The van der Waals surface area contributed by atoms with E-state index in [4.69, 9.17) is 4.89 Å². The van der Waals surface area contributed by atoms with Gasteiger partial charge in [-0.15, -0.1) is 0 Å². The molecule has 0 saturated heterocycles. The Kier molecular flexibility index (Phi) is 6.84. The molecule has 3 heteroatoms. The zero-order valence-corrected chi connectivity index (χ0v) is 13.9. The van der Waals surface area contributed by atoms with Crippen LogP contribution in [0.3, 0.4) is 0 Å². The summed E-state index contributed by atoms with van der Waals surface area (Å²) in [5.74, 6) is 0.917. The minimum absolute atomic E-state index is 0.180. The summed E-state index contributed by atoms with van der Waals surface area (Å²) in [6.07, 6.45) is 8.28. The lowest BCUT2D eigenvalue weighted by molar-refractivity contribution is -0.296. The Bertz CT molecular complexity index is 453. The Hall–Kier alpha value is -0.930. The van der Waals surface area contributed by atoms with Gasteiger partial charge in [-0.3, -0.25) is 5.26 Å². The fourth-order valence-corrected chi connectivity index (χ4v) is 3.82. The average molecular weight is 308 g/mol. The normalized spacial score (nSPS) is 23.5. The van der Waals surface area contributed by atoms with E-state index in [1.54, 1.807) is 6.07 Å². The van der Waals surface area contributed by atoms with Crippen LogP contribution in [0.5, 0.6) is 0 Å². The van der Waals surface area contributed by atoms with E-state index >= 15 is 0 Å². The quantitative estimate of drug-likeness (QED) is 0.501. The third kappa shape index (κ3) is 4.30. The standard InChI is InChI=1S/C19H29FO2/c1-3-5-14-7-9-16(10-8-14)19(22-21)17-12-11-15(6-4-2)18(20)13-17/h11-14,16,19,21H,3-10H2,1-2H3. The van der Waals surface area contributed by atoms with E-state index in [9.17, 15) is 9.65 Å². The van der Waals surface area contributed by atoms with Gasteiger partial charge in [-0.25, -0.2) is 9.28 Å². The number of hydrogen-bond donors (Lipinski definition) is 1. The molecule has 0 bridgehead atoms. The molecule has 124 valence electrons. The van der Waals surface area contributed by atoms with Crippen LogP contribution in [0.25, 0.3) is 0 Å². The molecule has 0 amide bonds. The van der Waals surface area contributed by atoms with Gasteiger partial charge in [-0.2, -0.15) is 0 Å². The van der Waals surface area contributed by atoms with E-state index in [1.807, 2.05) is 19.1 Å². The van der Waals surface area contributed by atoms with Crippen LogP contribution in [-0.2, 0) is 11.3 Å². The van der Waals surface area contributed by atoms with Crippen molar-refractivity contribution in [1.29, 1.82) is 0 Å². The summed E-state index contributed by atoms with van der Waals surface area (Å²) >= 11 is 0. The summed E-state index contributed by atoms with van der Waals surface area (Å²) in [4.78, 5) is 4.76. The summed E-state index contributed by atoms with van der Waals surface area (Å²) in [6, 6.07) is 5.29. The Labute approximate surface area is 133 Å². The topological polar surface area (TPSA) is 29.5 Å². The molecule has 1 N–H and O–H groups in total. The summed E-state index contributed by atoms with van der Waals surface area (Å²) in [6.45, 7) is 4.27.